The molecule has 3 rings (SSSR count). The van der Waals surface area contributed by atoms with E-state index >= 15 is 0 Å². The third kappa shape index (κ3) is 2.70. The number of rotatable bonds is 5. The van der Waals surface area contributed by atoms with Crippen molar-refractivity contribution in [2.45, 2.75) is 32.0 Å². The Morgan fingerprint density at radius 3 is 2.87 bits per heavy atom. The highest BCUT2D eigenvalue weighted by Gasteiger charge is 2.16. The number of nitrogens with zero attached hydrogens (tertiary/aromatic N) is 5. The van der Waals surface area contributed by atoms with Crippen LogP contribution in [0.3, 0.4) is 0 Å². The van der Waals surface area contributed by atoms with Crippen molar-refractivity contribution in [2.24, 2.45) is 5.92 Å². The summed E-state index contributed by atoms with van der Waals surface area (Å²) in [7, 11) is 0. The minimum atomic E-state index is -0.0693. The maximum atomic E-state index is 12.7. The highest BCUT2D eigenvalue weighted by molar-refractivity contribution is 7.99. The molecule has 0 spiro atoms. The molecule has 1 aromatic carbocycles. The summed E-state index contributed by atoms with van der Waals surface area (Å²) in [4.78, 5) is 12.7. The fraction of sp³-hybridized carbons (Fsp3) is 0.375. The zero-order chi connectivity index (χ0) is 16.4. The Morgan fingerprint density at radius 1 is 1.35 bits per heavy atom. The maximum absolute atomic E-state index is 12.7. The molecule has 1 atom stereocenters. The first-order valence-corrected chi connectivity index (χ1v) is 8.55. The van der Waals surface area contributed by atoms with Crippen molar-refractivity contribution in [1.82, 2.24) is 19.2 Å². The molecule has 0 aliphatic heterocycles. The highest BCUT2D eigenvalue weighted by Crippen LogP contribution is 2.23. The Morgan fingerprint density at radius 2 is 2.13 bits per heavy atom. The van der Waals surface area contributed by atoms with Crippen molar-refractivity contribution in [3.8, 4) is 6.07 Å². The smallest absolute Gasteiger partial charge is 0.262 e. The predicted octanol–water partition coefficient (Wildman–Crippen LogP) is 2.71. The molecule has 0 bridgehead atoms. The molecule has 0 fully saturated rings. The zero-order valence-electron chi connectivity index (χ0n) is 13.1. The minimum absolute atomic E-state index is 0.0377. The van der Waals surface area contributed by atoms with Gasteiger partial charge in [-0.05, 0) is 25.5 Å². The summed E-state index contributed by atoms with van der Waals surface area (Å²) in [6.07, 6.45) is 0.842. The monoisotopic (exact) mass is 327 g/mol. The normalized spacial score (nSPS) is 12.6. The lowest BCUT2D eigenvalue weighted by atomic mass is 10.2. The van der Waals surface area contributed by atoms with Crippen molar-refractivity contribution >= 4 is 28.4 Å². The van der Waals surface area contributed by atoms with Crippen molar-refractivity contribution in [1.29, 1.82) is 5.26 Å². The van der Waals surface area contributed by atoms with Crippen LogP contribution in [-0.2, 0) is 6.54 Å². The summed E-state index contributed by atoms with van der Waals surface area (Å²) in [5.74, 6) is 1.13. The molecular formula is C16H17N5OS. The first kappa shape index (κ1) is 15.6. The van der Waals surface area contributed by atoms with Gasteiger partial charge in [-0.1, -0.05) is 30.8 Å². The van der Waals surface area contributed by atoms with Crippen LogP contribution in [0.4, 0.5) is 0 Å². The second kappa shape index (κ2) is 6.42. The fourth-order valence-corrected chi connectivity index (χ4v) is 3.37. The molecule has 0 amide bonds. The van der Waals surface area contributed by atoms with Crippen LogP contribution in [0.15, 0.2) is 34.2 Å². The molecule has 1 unspecified atom stereocenters. The first-order chi connectivity index (χ1) is 11.2. The number of para-hydroxylation sites is 1. The molecule has 0 N–H and O–H groups in total. The molecule has 3 aromatic rings. The molecule has 6 nitrogen and oxygen atoms in total. The lowest BCUT2D eigenvalue weighted by Crippen LogP contribution is -2.23. The van der Waals surface area contributed by atoms with Gasteiger partial charge in [0.05, 0.1) is 22.9 Å². The van der Waals surface area contributed by atoms with Gasteiger partial charge in [-0.3, -0.25) is 13.8 Å². The van der Waals surface area contributed by atoms with Gasteiger partial charge in [0.15, 0.2) is 5.16 Å². The summed E-state index contributed by atoms with van der Waals surface area (Å²) >= 11 is 1.49. The van der Waals surface area contributed by atoms with Crippen LogP contribution >= 0.6 is 11.8 Å². The molecular weight excluding hydrogens is 310 g/mol. The first-order valence-electron chi connectivity index (χ1n) is 7.56. The third-order valence-electron chi connectivity index (χ3n) is 3.61. The van der Waals surface area contributed by atoms with E-state index in [1.165, 1.54) is 11.8 Å². The van der Waals surface area contributed by atoms with Crippen LogP contribution in [0.1, 0.15) is 20.3 Å². The van der Waals surface area contributed by atoms with Crippen LogP contribution in [0.5, 0.6) is 0 Å². The Hall–Kier alpha value is -2.33. The van der Waals surface area contributed by atoms with E-state index in [-0.39, 0.29) is 11.5 Å². The molecule has 23 heavy (non-hydrogen) atoms. The van der Waals surface area contributed by atoms with E-state index in [9.17, 15) is 4.79 Å². The molecule has 0 saturated carbocycles. The van der Waals surface area contributed by atoms with Gasteiger partial charge in [-0.25, -0.2) is 0 Å². The molecule has 118 valence electrons. The number of hydrogen-bond acceptors (Lipinski definition) is 5. The van der Waals surface area contributed by atoms with E-state index in [4.69, 9.17) is 5.26 Å². The number of benzene rings is 1. The topological polar surface area (TPSA) is 76.0 Å². The lowest BCUT2D eigenvalue weighted by Gasteiger charge is -2.10. The largest absolute Gasteiger partial charge is 0.276 e. The molecule has 0 radical (unpaired) electrons. The second-order valence-electron chi connectivity index (χ2n) is 5.43. The van der Waals surface area contributed by atoms with Crippen LogP contribution in [0.2, 0.25) is 0 Å². The Bertz CT molecular complexity index is 953. The van der Waals surface area contributed by atoms with E-state index in [2.05, 4.69) is 16.3 Å². The summed E-state index contributed by atoms with van der Waals surface area (Å²) < 4.78 is 3.59. The average molecular weight is 327 g/mol. The van der Waals surface area contributed by atoms with Gasteiger partial charge in [-0.15, -0.1) is 10.2 Å². The SMILES string of the molecule is CCCn1c(=O)c2ccccc2n2c(SCC(C)C#N)nnc12. The highest BCUT2D eigenvalue weighted by atomic mass is 32.2. The third-order valence-corrected chi connectivity index (χ3v) is 4.80. The van der Waals surface area contributed by atoms with E-state index in [1.54, 1.807) is 4.57 Å². The van der Waals surface area contributed by atoms with E-state index in [0.29, 0.717) is 28.6 Å². The van der Waals surface area contributed by atoms with Crippen molar-refractivity contribution in [3.05, 3.63) is 34.6 Å². The zero-order valence-corrected chi connectivity index (χ0v) is 13.9. The van der Waals surface area contributed by atoms with E-state index in [0.717, 1.165) is 11.9 Å². The van der Waals surface area contributed by atoms with Crippen LogP contribution < -0.4 is 5.56 Å². The summed E-state index contributed by atoms with van der Waals surface area (Å²) in [5, 5.41) is 18.8. The number of aromatic nitrogens is 4. The van der Waals surface area contributed by atoms with Crippen molar-refractivity contribution in [3.63, 3.8) is 0 Å². The Kier molecular flexibility index (Phi) is 4.35. The number of thioether (sulfide) groups is 1. The van der Waals surface area contributed by atoms with E-state index < -0.39 is 0 Å². The number of nitriles is 1. The van der Waals surface area contributed by atoms with Gasteiger partial charge >= 0.3 is 0 Å². The molecule has 2 heterocycles. The summed E-state index contributed by atoms with van der Waals surface area (Å²) in [5.41, 5.74) is 0.765. The van der Waals surface area contributed by atoms with Crippen molar-refractivity contribution < 1.29 is 0 Å². The standard InChI is InChI=1S/C16H17N5OS/c1-3-8-20-14(22)12-6-4-5-7-13(12)21-15(20)18-19-16(21)23-10-11(2)9-17/h4-7,11H,3,8,10H2,1-2H3. The van der Waals surface area contributed by atoms with Crippen LogP contribution in [-0.4, -0.2) is 24.9 Å². The van der Waals surface area contributed by atoms with Crippen molar-refractivity contribution in [2.75, 3.05) is 5.75 Å². The summed E-state index contributed by atoms with van der Waals surface area (Å²) in [6.45, 7) is 4.50. The number of fused-ring (bicyclic) bond motifs is 3. The molecule has 0 aliphatic rings. The maximum Gasteiger partial charge on any atom is 0.262 e. The lowest BCUT2D eigenvalue weighted by molar-refractivity contribution is 0.662. The Labute approximate surface area is 137 Å². The molecule has 7 heteroatoms. The van der Waals surface area contributed by atoms with Gasteiger partial charge < -0.3 is 0 Å². The van der Waals surface area contributed by atoms with Crippen LogP contribution in [0.25, 0.3) is 16.7 Å². The van der Waals surface area contributed by atoms with Crippen LogP contribution in [0, 0.1) is 17.2 Å². The average Bonchev–Trinajstić information content (AvgIpc) is 3.00. The van der Waals surface area contributed by atoms with E-state index in [1.807, 2.05) is 42.5 Å². The number of hydrogen-bond donors (Lipinski definition) is 0. The minimum Gasteiger partial charge on any atom is -0.276 e. The molecule has 2 aromatic heterocycles. The summed E-state index contributed by atoms with van der Waals surface area (Å²) in [6, 6.07) is 9.72. The van der Waals surface area contributed by atoms with Gasteiger partial charge in [0.1, 0.15) is 0 Å². The Balaban J connectivity index is 2.25. The number of aryl methyl sites for hydroxylation is 1. The van der Waals surface area contributed by atoms with Gasteiger partial charge in [-0.2, -0.15) is 5.26 Å². The van der Waals surface area contributed by atoms with Gasteiger partial charge in [0.2, 0.25) is 5.78 Å². The van der Waals surface area contributed by atoms with Gasteiger partial charge in [0, 0.05) is 12.3 Å². The quantitative estimate of drug-likeness (QED) is 0.673. The second-order valence-corrected chi connectivity index (χ2v) is 6.42. The molecule has 0 aliphatic carbocycles. The predicted molar refractivity (Wildman–Crippen MR) is 90.5 cm³/mol. The fourth-order valence-electron chi connectivity index (χ4n) is 2.49. The molecule has 0 saturated heterocycles. The van der Waals surface area contributed by atoms with Gasteiger partial charge in [0.25, 0.3) is 5.56 Å².